The topological polar surface area (TPSA) is 69.7 Å². The third-order valence-electron chi connectivity index (χ3n) is 3.48. The van der Waals surface area contributed by atoms with Crippen molar-refractivity contribution in [2.24, 2.45) is 0 Å². The predicted octanol–water partition coefficient (Wildman–Crippen LogP) is 1.19. The second-order valence-electron chi connectivity index (χ2n) is 5.18. The van der Waals surface area contributed by atoms with Gasteiger partial charge in [-0.3, -0.25) is 14.5 Å². The molecule has 1 aliphatic heterocycles. The van der Waals surface area contributed by atoms with Crippen molar-refractivity contribution in [2.75, 3.05) is 18.4 Å². The normalized spacial score (nSPS) is 18.3. The van der Waals surface area contributed by atoms with E-state index in [1.165, 1.54) is 29.2 Å². The molecule has 0 bridgehead atoms. The fraction of sp³-hybridized carbons (Fsp3) is 0.357. The number of anilines is 1. The Kier molecular flexibility index (Phi) is 3.32. The lowest BCUT2D eigenvalue weighted by atomic mass is 10.3. The van der Waals surface area contributed by atoms with E-state index in [2.05, 4.69) is 5.32 Å². The highest BCUT2D eigenvalue weighted by molar-refractivity contribution is 6.06. The number of nitrogens with zero attached hydrogens (tertiary/aromatic N) is 2. The van der Waals surface area contributed by atoms with Gasteiger partial charge in [-0.15, -0.1) is 0 Å². The maximum Gasteiger partial charge on any atom is 0.327 e. The number of rotatable bonds is 4. The highest BCUT2D eigenvalue weighted by atomic mass is 19.1. The van der Waals surface area contributed by atoms with Crippen molar-refractivity contribution in [3.63, 3.8) is 0 Å². The van der Waals surface area contributed by atoms with Gasteiger partial charge in [0.1, 0.15) is 18.9 Å². The van der Waals surface area contributed by atoms with Crippen LogP contribution in [0.5, 0.6) is 0 Å². The van der Waals surface area contributed by atoms with E-state index in [9.17, 15) is 18.8 Å². The average molecular weight is 291 g/mol. The number of urea groups is 1. The van der Waals surface area contributed by atoms with E-state index in [1.807, 2.05) is 0 Å². The third-order valence-corrected chi connectivity index (χ3v) is 3.48. The van der Waals surface area contributed by atoms with Crippen LogP contribution in [0.3, 0.4) is 0 Å². The van der Waals surface area contributed by atoms with Gasteiger partial charge in [0.15, 0.2) is 0 Å². The van der Waals surface area contributed by atoms with Crippen LogP contribution in [0.25, 0.3) is 0 Å². The summed E-state index contributed by atoms with van der Waals surface area (Å²) in [6, 6.07) is 5.14. The maximum absolute atomic E-state index is 13.0. The summed E-state index contributed by atoms with van der Waals surface area (Å²) < 4.78 is 13.0. The summed E-state index contributed by atoms with van der Waals surface area (Å²) in [5.41, 5.74) is 0.290. The van der Waals surface area contributed by atoms with Crippen LogP contribution in [-0.4, -0.2) is 46.8 Å². The van der Waals surface area contributed by atoms with Crippen LogP contribution in [0.2, 0.25) is 0 Å². The molecule has 0 atom stereocenters. The van der Waals surface area contributed by atoms with Crippen molar-refractivity contribution in [3.05, 3.63) is 30.1 Å². The lowest BCUT2D eigenvalue weighted by molar-refractivity contribution is -0.129. The monoisotopic (exact) mass is 291 g/mol. The van der Waals surface area contributed by atoms with Crippen LogP contribution in [0.1, 0.15) is 12.8 Å². The minimum absolute atomic E-state index is 0.0384. The largest absolute Gasteiger partial charge is 0.327 e. The summed E-state index contributed by atoms with van der Waals surface area (Å²) in [4.78, 5) is 38.1. The van der Waals surface area contributed by atoms with Gasteiger partial charge in [-0.25, -0.2) is 9.18 Å². The van der Waals surface area contributed by atoms with Gasteiger partial charge in [-0.2, -0.15) is 0 Å². The van der Waals surface area contributed by atoms with Gasteiger partial charge < -0.3 is 10.2 Å². The molecule has 21 heavy (non-hydrogen) atoms. The molecule has 4 amide bonds. The maximum atomic E-state index is 13.0. The Hall–Kier alpha value is -2.44. The van der Waals surface area contributed by atoms with Gasteiger partial charge in [-0.05, 0) is 31.0 Å². The van der Waals surface area contributed by atoms with Gasteiger partial charge in [0.25, 0.3) is 5.91 Å². The summed E-state index contributed by atoms with van der Waals surface area (Å²) in [5.74, 6) is -1.37. The molecule has 0 radical (unpaired) electrons. The zero-order valence-corrected chi connectivity index (χ0v) is 11.2. The van der Waals surface area contributed by atoms with E-state index in [4.69, 9.17) is 0 Å². The van der Waals surface area contributed by atoms with Crippen molar-refractivity contribution < 1.29 is 18.8 Å². The second-order valence-corrected chi connectivity index (χ2v) is 5.18. The molecule has 0 aromatic heterocycles. The second kappa shape index (κ2) is 5.16. The summed E-state index contributed by atoms with van der Waals surface area (Å²) in [6.45, 7) is -0.311. The molecule has 0 spiro atoms. The van der Waals surface area contributed by atoms with Crippen molar-refractivity contribution in [3.8, 4) is 0 Å². The number of amides is 4. The molecule has 0 unspecified atom stereocenters. The van der Waals surface area contributed by atoms with Crippen molar-refractivity contribution >= 4 is 23.5 Å². The van der Waals surface area contributed by atoms with E-state index in [0.717, 1.165) is 17.7 Å². The van der Waals surface area contributed by atoms with Crippen LogP contribution >= 0.6 is 0 Å². The lowest BCUT2D eigenvalue weighted by Crippen LogP contribution is -2.39. The SMILES string of the molecule is O=C(CN1C(=O)CN(C2CC2)C1=O)Nc1cccc(F)c1. The number of benzene rings is 1. The number of carbonyl (C=O) groups excluding carboxylic acids is 3. The molecule has 1 saturated carbocycles. The van der Waals surface area contributed by atoms with Crippen LogP contribution in [0, 0.1) is 5.82 Å². The van der Waals surface area contributed by atoms with Gasteiger partial charge in [0, 0.05) is 11.7 Å². The number of hydrogen-bond donors (Lipinski definition) is 1. The Balaban J connectivity index is 1.62. The Morgan fingerprint density at radius 1 is 1.33 bits per heavy atom. The summed E-state index contributed by atoms with van der Waals surface area (Å²) in [5, 5.41) is 2.47. The highest BCUT2D eigenvalue weighted by Gasteiger charge is 2.44. The summed E-state index contributed by atoms with van der Waals surface area (Å²) in [7, 11) is 0. The molecule has 3 rings (SSSR count). The smallest absolute Gasteiger partial charge is 0.324 e. The van der Waals surface area contributed by atoms with Crippen molar-refractivity contribution in [1.29, 1.82) is 0 Å². The highest BCUT2D eigenvalue weighted by Crippen LogP contribution is 2.30. The molecule has 1 aromatic carbocycles. The molecular formula is C14H14FN3O3. The Bertz CT molecular complexity index is 615. The first kappa shape index (κ1) is 13.5. The standard InChI is InChI=1S/C14H14FN3O3/c15-9-2-1-3-10(6-9)16-12(19)7-18-13(20)8-17(14(18)21)11-4-5-11/h1-3,6,11H,4-5,7-8H2,(H,16,19). The summed E-state index contributed by atoms with van der Waals surface area (Å²) in [6.07, 6.45) is 1.81. The molecule has 1 saturated heterocycles. The fourth-order valence-electron chi connectivity index (χ4n) is 2.30. The molecule has 6 nitrogen and oxygen atoms in total. The van der Waals surface area contributed by atoms with Gasteiger partial charge in [0.2, 0.25) is 5.91 Å². The van der Waals surface area contributed by atoms with Gasteiger partial charge in [0.05, 0.1) is 0 Å². The molecule has 1 heterocycles. The zero-order valence-electron chi connectivity index (χ0n) is 11.2. The predicted molar refractivity (Wildman–Crippen MR) is 71.9 cm³/mol. The van der Waals surface area contributed by atoms with Crippen LogP contribution < -0.4 is 5.32 Å². The molecular weight excluding hydrogens is 277 g/mol. The molecule has 1 aromatic rings. The third kappa shape index (κ3) is 2.86. The molecule has 110 valence electrons. The minimum Gasteiger partial charge on any atom is -0.324 e. The number of imide groups is 1. The summed E-state index contributed by atoms with van der Waals surface area (Å²) >= 11 is 0. The first-order valence-electron chi connectivity index (χ1n) is 6.71. The number of hydrogen-bond acceptors (Lipinski definition) is 3. The number of halogens is 1. The Morgan fingerprint density at radius 2 is 2.10 bits per heavy atom. The van der Waals surface area contributed by atoms with E-state index in [1.54, 1.807) is 0 Å². The van der Waals surface area contributed by atoms with E-state index in [-0.39, 0.29) is 30.7 Å². The fourth-order valence-corrected chi connectivity index (χ4v) is 2.30. The Morgan fingerprint density at radius 3 is 2.76 bits per heavy atom. The zero-order chi connectivity index (χ0) is 15.0. The quantitative estimate of drug-likeness (QED) is 0.847. The van der Waals surface area contributed by atoms with Crippen molar-refractivity contribution in [2.45, 2.75) is 18.9 Å². The lowest BCUT2D eigenvalue weighted by Gasteiger charge is -2.16. The first-order valence-corrected chi connectivity index (χ1v) is 6.71. The number of carbonyl (C=O) groups is 3. The van der Waals surface area contributed by atoms with E-state index < -0.39 is 17.8 Å². The van der Waals surface area contributed by atoms with Gasteiger partial charge in [-0.1, -0.05) is 6.07 Å². The van der Waals surface area contributed by atoms with Crippen LogP contribution in [0.4, 0.5) is 14.9 Å². The number of nitrogens with one attached hydrogen (secondary N) is 1. The molecule has 2 aliphatic rings. The molecule has 1 aliphatic carbocycles. The molecule has 7 heteroatoms. The van der Waals surface area contributed by atoms with Crippen LogP contribution in [-0.2, 0) is 9.59 Å². The van der Waals surface area contributed by atoms with Gasteiger partial charge >= 0.3 is 6.03 Å². The van der Waals surface area contributed by atoms with Crippen molar-refractivity contribution in [1.82, 2.24) is 9.80 Å². The molecule has 2 fully saturated rings. The average Bonchev–Trinajstić information content (AvgIpc) is 3.22. The molecule has 1 N–H and O–H groups in total. The van der Waals surface area contributed by atoms with Crippen LogP contribution in [0.15, 0.2) is 24.3 Å². The minimum atomic E-state index is -0.528. The van der Waals surface area contributed by atoms with E-state index >= 15 is 0 Å². The first-order chi connectivity index (χ1) is 10.0. The van der Waals surface area contributed by atoms with E-state index in [0.29, 0.717) is 0 Å². The Labute approximate surface area is 120 Å².